The highest BCUT2D eigenvalue weighted by Gasteiger charge is 2.14. The molecule has 0 aliphatic carbocycles. The highest BCUT2D eigenvalue weighted by atomic mass is 35.5. The minimum Gasteiger partial charge on any atom is -0.494 e. The Morgan fingerprint density at radius 2 is 1.89 bits per heavy atom. The number of nitrogens with two attached hydrogens (primary N) is 1. The molecule has 2 N–H and O–H groups in total. The molecule has 0 bridgehead atoms. The second kappa shape index (κ2) is 6.98. The van der Waals surface area contributed by atoms with Gasteiger partial charge in [0.1, 0.15) is 5.75 Å². The zero-order valence-corrected chi connectivity index (χ0v) is 11.4. The Hall–Kier alpha value is -0.770. The maximum atomic E-state index is 5.88. The van der Waals surface area contributed by atoms with Crippen LogP contribution < -0.4 is 10.5 Å². The number of nitrogens with zero attached hydrogens (tertiary/aromatic N) is 1. The SMILES string of the molecule is NC1CCN(CCCOc2ccc(Cl)cc2)CC1. The summed E-state index contributed by atoms with van der Waals surface area (Å²) < 4.78 is 5.66. The molecule has 0 aromatic heterocycles. The van der Waals surface area contributed by atoms with E-state index in [9.17, 15) is 0 Å². The van der Waals surface area contributed by atoms with Crippen LogP contribution in [0.4, 0.5) is 0 Å². The highest BCUT2D eigenvalue weighted by Crippen LogP contribution is 2.15. The van der Waals surface area contributed by atoms with E-state index in [2.05, 4.69) is 4.90 Å². The first kappa shape index (κ1) is 13.7. The number of piperidine rings is 1. The number of ether oxygens (including phenoxy) is 1. The van der Waals surface area contributed by atoms with E-state index in [4.69, 9.17) is 22.1 Å². The van der Waals surface area contributed by atoms with E-state index in [0.717, 1.165) is 56.3 Å². The van der Waals surface area contributed by atoms with Crippen molar-refractivity contribution in [2.45, 2.75) is 25.3 Å². The average molecular weight is 269 g/mol. The highest BCUT2D eigenvalue weighted by molar-refractivity contribution is 6.30. The van der Waals surface area contributed by atoms with Crippen LogP contribution in [0, 0.1) is 0 Å². The Morgan fingerprint density at radius 1 is 1.22 bits per heavy atom. The van der Waals surface area contributed by atoms with Crippen LogP contribution in [-0.4, -0.2) is 37.2 Å². The Labute approximate surface area is 114 Å². The van der Waals surface area contributed by atoms with Crippen molar-refractivity contribution < 1.29 is 4.74 Å². The number of rotatable bonds is 5. The van der Waals surface area contributed by atoms with Gasteiger partial charge in [-0.3, -0.25) is 0 Å². The van der Waals surface area contributed by atoms with Gasteiger partial charge in [0.2, 0.25) is 0 Å². The first-order chi connectivity index (χ1) is 8.74. The summed E-state index contributed by atoms with van der Waals surface area (Å²) in [6, 6.07) is 7.92. The summed E-state index contributed by atoms with van der Waals surface area (Å²) in [5, 5.41) is 0.743. The summed E-state index contributed by atoms with van der Waals surface area (Å²) in [6.45, 7) is 4.11. The minimum absolute atomic E-state index is 0.409. The zero-order valence-electron chi connectivity index (χ0n) is 10.6. The van der Waals surface area contributed by atoms with E-state index in [1.807, 2.05) is 24.3 Å². The smallest absolute Gasteiger partial charge is 0.119 e. The molecule has 1 fully saturated rings. The summed E-state index contributed by atoms with van der Waals surface area (Å²) >= 11 is 5.81. The van der Waals surface area contributed by atoms with Crippen LogP contribution in [0.1, 0.15) is 19.3 Å². The molecule has 1 aliphatic rings. The van der Waals surface area contributed by atoms with Crippen LogP contribution >= 0.6 is 11.6 Å². The molecule has 3 nitrogen and oxygen atoms in total. The number of halogens is 1. The standard InChI is InChI=1S/C14H21ClN2O/c15-12-2-4-14(5-3-12)18-11-1-8-17-9-6-13(16)7-10-17/h2-5,13H,1,6-11,16H2. The number of hydrogen-bond donors (Lipinski definition) is 1. The molecule has 0 spiro atoms. The normalized spacial score (nSPS) is 17.9. The van der Waals surface area contributed by atoms with Crippen molar-refractivity contribution in [1.82, 2.24) is 4.90 Å². The number of likely N-dealkylation sites (tertiary alicyclic amines) is 1. The minimum atomic E-state index is 0.409. The molecule has 1 heterocycles. The fraction of sp³-hybridized carbons (Fsp3) is 0.571. The van der Waals surface area contributed by atoms with Crippen LogP contribution in [0.15, 0.2) is 24.3 Å². The van der Waals surface area contributed by atoms with Gasteiger partial charge in [0.25, 0.3) is 0 Å². The van der Waals surface area contributed by atoms with E-state index in [1.54, 1.807) is 0 Å². The van der Waals surface area contributed by atoms with E-state index < -0.39 is 0 Å². The topological polar surface area (TPSA) is 38.5 Å². The number of hydrogen-bond acceptors (Lipinski definition) is 3. The third-order valence-corrected chi connectivity index (χ3v) is 3.59. The largest absolute Gasteiger partial charge is 0.494 e. The van der Waals surface area contributed by atoms with E-state index >= 15 is 0 Å². The molecule has 18 heavy (non-hydrogen) atoms. The van der Waals surface area contributed by atoms with Crippen molar-refractivity contribution in [2.75, 3.05) is 26.2 Å². The quantitative estimate of drug-likeness (QED) is 0.834. The lowest BCUT2D eigenvalue weighted by Crippen LogP contribution is -2.40. The van der Waals surface area contributed by atoms with Crippen molar-refractivity contribution >= 4 is 11.6 Å². The summed E-state index contributed by atoms with van der Waals surface area (Å²) in [4.78, 5) is 2.47. The van der Waals surface area contributed by atoms with E-state index in [0.29, 0.717) is 6.04 Å². The lowest BCUT2D eigenvalue weighted by molar-refractivity contribution is 0.194. The second-order valence-corrected chi connectivity index (χ2v) is 5.27. The van der Waals surface area contributed by atoms with Crippen LogP contribution in [-0.2, 0) is 0 Å². The zero-order chi connectivity index (χ0) is 12.8. The van der Waals surface area contributed by atoms with Gasteiger partial charge in [-0.25, -0.2) is 0 Å². The van der Waals surface area contributed by atoms with Gasteiger partial charge in [-0.2, -0.15) is 0 Å². The van der Waals surface area contributed by atoms with E-state index in [1.165, 1.54) is 0 Å². The monoisotopic (exact) mass is 268 g/mol. The van der Waals surface area contributed by atoms with Gasteiger partial charge in [0.15, 0.2) is 0 Å². The molecule has 0 saturated carbocycles. The van der Waals surface area contributed by atoms with Crippen molar-refractivity contribution in [3.63, 3.8) is 0 Å². The molecule has 100 valence electrons. The van der Waals surface area contributed by atoms with Crippen LogP contribution in [0.25, 0.3) is 0 Å². The third kappa shape index (κ3) is 4.48. The van der Waals surface area contributed by atoms with Gasteiger partial charge in [0.05, 0.1) is 6.61 Å². The Kier molecular flexibility index (Phi) is 5.29. The molecular formula is C14H21ClN2O. The van der Waals surface area contributed by atoms with Crippen molar-refractivity contribution in [2.24, 2.45) is 5.73 Å². The summed E-state index contributed by atoms with van der Waals surface area (Å²) in [5.74, 6) is 0.889. The Bertz CT molecular complexity index is 347. The van der Waals surface area contributed by atoms with Crippen LogP contribution in [0.5, 0.6) is 5.75 Å². The van der Waals surface area contributed by atoms with Crippen LogP contribution in [0.2, 0.25) is 5.02 Å². The fourth-order valence-electron chi connectivity index (χ4n) is 2.19. The molecule has 0 radical (unpaired) electrons. The van der Waals surface area contributed by atoms with Crippen LogP contribution in [0.3, 0.4) is 0 Å². The van der Waals surface area contributed by atoms with Gasteiger partial charge in [-0.05, 0) is 56.6 Å². The lowest BCUT2D eigenvalue weighted by Gasteiger charge is -2.29. The number of benzene rings is 1. The van der Waals surface area contributed by atoms with Crippen molar-refractivity contribution in [3.05, 3.63) is 29.3 Å². The Morgan fingerprint density at radius 3 is 2.56 bits per heavy atom. The predicted molar refractivity (Wildman–Crippen MR) is 75.2 cm³/mol. The molecule has 1 aromatic carbocycles. The van der Waals surface area contributed by atoms with Gasteiger partial charge in [-0.15, -0.1) is 0 Å². The molecular weight excluding hydrogens is 248 g/mol. The molecule has 4 heteroatoms. The lowest BCUT2D eigenvalue weighted by atomic mass is 10.1. The molecule has 1 aliphatic heterocycles. The van der Waals surface area contributed by atoms with Gasteiger partial charge in [0, 0.05) is 17.6 Å². The first-order valence-electron chi connectivity index (χ1n) is 6.60. The fourth-order valence-corrected chi connectivity index (χ4v) is 2.31. The van der Waals surface area contributed by atoms with Crippen molar-refractivity contribution in [1.29, 1.82) is 0 Å². The first-order valence-corrected chi connectivity index (χ1v) is 6.98. The molecule has 0 atom stereocenters. The van der Waals surface area contributed by atoms with Gasteiger partial charge in [-0.1, -0.05) is 11.6 Å². The molecule has 1 saturated heterocycles. The Balaban J connectivity index is 1.60. The molecule has 0 unspecified atom stereocenters. The summed E-state index contributed by atoms with van der Waals surface area (Å²) in [6.07, 6.45) is 3.30. The maximum Gasteiger partial charge on any atom is 0.119 e. The molecule has 0 amide bonds. The second-order valence-electron chi connectivity index (χ2n) is 4.84. The molecule has 2 rings (SSSR count). The van der Waals surface area contributed by atoms with Gasteiger partial charge >= 0.3 is 0 Å². The summed E-state index contributed by atoms with van der Waals surface area (Å²) in [7, 11) is 0. The maximum absolute atomic E-state index is 5.88. The van der Waals surface area contributed by atoms with Crippen molar-refractivity contribution in [3.8, 4) is 5.75 Å². The summed E-state index contributed by atoms with van der Waals surface area (Å²) in [5.41, 5.74) is 5.88. The van der Waals surface area contributed by atoms with E-state index in [-0.39, 0.29) is 0 Å². The average Bonchev–Trinajstić information content (AvgIpc) is 2.39. The van der Waals surface area contributed by atoms with Gasteiger partial charge < -0.3 is 15.4 Å². The third-order valence-electron chi connectivity index (χ3n) is 3.33. The predicted octanol–water partition coefficient (Wildman–Crippen LogP) is 2.53. The molecule has 1 aromatic rings.